The number of carbonyl (C=O) groups is 1. The van der Waals surface area contributed by atoms with Gasteiger partial charge in [-0.25, -0.2) is 0 Å². The minimum atomic E-state index is -0.784. The molecule has 0 saturated heterocycles. The molecule has 0 fully saturated rings. The van der Waals surface area contributed by atoms with Gasteiger partial charge in [-0.1, -0.05) is 54.4 Å². The zero-order chi connectivity index (χ0) is 13.5. The topological polar surface area (TPSA) is 37.3 Å². The molecule has 0 unspecified atom stereocenters. The minimum Gasteiger partial charge on any atom is -0.481 e. The monoisotopic (exact) mass is 310 g/mol. The fourth-order valence-corrected chi connectivity index (χ4v) is 2.54. The van der Waals surface area contributed by atoms with Crippen LogP contribution in [0.15, 0.2) is 28.7 Å². The molecule has 3 heteroatoms. The molecular formula is C15H19BrO2. The molecule has 0 bridgehead atoms. The van der Waals surface area contributed by atoms with E-state index in [1.807, 2.05) is 6.08 Å². The average Bonchev–Trinajstić information content (AvgIpc) is 2.34. The van der Waals surface area contributed by atoms with Gasteiger partial charge in [0.1, 0.15) is 0 Å². The van der Waals surface area contributed by atoms with Crippen molar-refractivity contribution in [1.29, 1.82) is 0 Å². The van der Waals surface area contributed by atoms with Gasteiger partial charge in [-0.05, 0) is 35.6 Å². The maximum atomic E-state index is 10.7. The smallest absolute Gasteiger partial charge is 0.307 e. The number of halogens is 1. The molecule has 0 saturated carbocycles. The number of hydrogen-bond acceptors (Lipinski definition) is 1. The Kier molecular flexibility index (Phi) is 6.13. The van der Waals surface area contributed by atoms with Crippen LogP contribution in [0.5, 0.6) is 0 Å². The summed E-state index contributed by atoms with van der Waals surface area (Å²) < 4.78 is 1.10. The first-order chi connectivity index (χ1) is 8.58. The standard InChI is InChI=1S/C15H19BrO2/c1-3-5-12(8-9-15(17)18)13-7-6-11(4-2)14(16)10-13/h6-8,10H,3-5,9H2,1-2H3,(H,17,18)/b12-8+. The van der Waals surface area contributed by atoms with E-state index >= 15 is 0 Å². The van der Waals surface area contributed by atoms with Gasteiger partial charge in [-0.2, -0.15) is 0 Å². The van der Waals surface area contributed by atoms with Gasteiger partial charge in [0.25, 0.3) is 0 Å². The van der Waals surface area contributed by atoms with E-state index in [0.29, 0.717) is 0 Å². The highest BCUT2D eigenvalue weighted by molar-refractivity contribution is 9.10. The van der Waals surface area contributed by atoms with Crippen LogP contribution in [-0.2, 0) is 11.2 Å². The molecule has 0 aliphatic rings. The van der Waals surface area contributed by atoms with E-state index < -0.39 is 5.97 Å². The average molecular weight is 311 g/mol. The lowest BCUT2D eigenvalue weighted by molar-refractivity contribution is -0.135. The van der Waals surface area contributed by atoms with Crippen LogP contribution < -0.4 is 0 Å². The van der Waals surface area contributed by atoms with E-state index in [4.69, 9.17) is 5.11 Å². The highest BCUT2D eigenvalue weighted by Gasteiger charge is 2.05. The number of allylic oxidation sites excluding steroid dienone is 1. The number of rotatable bonds is 6. The molecule has 1 rings (SSSR count). The molecular weight excluding hydrogens is 292 g/mol. The number of carboxylic acids is 1. The van der Waals surface area contributed by atoms with Gasteiger partial charge in [0, 0.05) is 4.47 Å². The molecule has 0 heterocycles. The maximum Gasteiger partial charge on any atom is 0.307 e. The van der Waals surface area contributed by atoms with Crippen molar-refractivity contribution in [3.05, 3.63) is 39.9 Å². The molecule has 1 aromatic rings. The quantitative estimate of drug-likeness (QED) is 0.829. The van der Waals surface area contributed by atoms with Crippen molar-refractivity contribution in [2.75, 3.05) is 0 Å². The van der Waals surface area contributed by atoms with Crippen molar-refractivity contribution in [2.24, 2.45) is 0 Å². The fourth-order valence-electron chi connectivity index (χ4n) is 1.88. The molecule has 0 spiro atoms. The zero-order valence-corrected chi connectivity index (χ0v) is 12.5. The highest BCUT2D eigenvalue weighted by atomic mass is 79.9. The van der Waals surface area contributed by atoms with Crippen molar-refractivity contribution >= 4 is 27.5 Å². The summed E-state index contributed by atoms with van der Waals surface area (Å²) in [4.78, 5) is 10.7. The third kappa shape index (κ3) is 4.30. The van der Waals surface area contributed by atoms with E-state index in [2.05, 4.69) is 48.0 Å². The van der Waals surface area contributed by atoms with E-state index in [-0.39, 0.29) is 6.42 Å². The van der Waals surface area contributed by atoms with E-state index in [0.717, 1.165) is 34.9 Å². The molecule has 1 aromatic carbocycles. The predicted octanol–water partition coefficient (Wildman–Crippen LogP) is 4.67. The van der Waals surface area contributed by atoms with E-state index in [1.54, 1.807) is 0 Å². The van der Waals surface area contributed by atoms with Crippen molar-refractivity contribution in [3.63, 3.8) is 0 Å². The maximum absolute atomic E-state index is 10.7. The first kappa shape index (κ1) is 15.0. The van der Waals surface area contributed by atoms with Crippen LogP contribution in [0.4, 0.5) is 0 Å². The second kappa shape index (κ2) is 7.37. The molecule has 0 aliphatic heterocycles. The van der Waals surface area contributed by atoms with Crippen LogP contribution in [0, 0.1) is 0 Å². The zero-order valence-electron chi connectivity index (χ0n) is 10.9. The lowest BCUT2D eigenvalue weighted by atomic mass is 9.98. The highest BCUT2D eigenvalue weighted by Crippen LogP contribution is 2.26. The normalized spacial score (nSPS) is 11.6. The van der Waals surface area contributed by atoms with Crippen LogP contribution in [-0.4, -0.2) is 11.1 Å². The summed E-state index contributed by atoms with van der Waals surface area (Å²) in [6.45, 7) is 4.22. The lowest BCUT2D eigenvalue weighted by Gasteiger charge is -2.09. The summed E-state index contributed by atoms with van der Waals surface area (Å²) >= 11 is 3.56. The van der Waals surface area contributed by atoms with Crippen LogP contribution >= 0.6 is 15.9 Å². The summed E-state index contributed by atoms with van der Waals surface area (Å²) in [7, 11) is 0. The molecule has 0 radical (unpaired) electrons. The Bertz CT molecular complexity index is 450. The van der Waals surface area contributed by atoms with E-state index in [9.17, 15) is 4.79 Å². The van der Waals surface area contributed by atoms with Crippen molar-refractivity contribution in [1.82, 2.24) is 0 Å². The Balaban J connectivity index is 3.02. The van der Waals surface area contributed by atoms with Crippen LogP contribution in [0.1, 0.15) is 44.2 Å². The van der Waals surface area contributed by atoms with Crippen LogP contribution in [0.2, 0.25) is 0 Å². The van der Waals surface area contributed by atoms with Gasteiger partial charge in [0.2, 0.25) is 0 Å². The van der Waals surface area contributed by atoms with Gasteiger partial charge >= 0.3 is 5.97 Å². The van der Waals surface area contributed by atoms with Crippen LogP contribution in [0.3, 0.4) is 0 Å². The summed E-state index contributed by atoms with van der Waals surface area (Å²) in [6, 6.07) is 6.26. The first-order valence-electron chi connectivity index (χ1n) is 6.28. The minimum absolute atomic E-state index is 0.0858. The second-order valence-electron chi connectivity index (χ2n) is 4.24. The molecule has 2 nitrogen and oxygen atoms in total. The number of carboxylic acid groups (broad SMARTS) is 1. The largest absolute Gasteiger partial charge is 0.481 e. The Hall–Kier alpha value is -1.09. The van der Waals surface area contributed by atoms with Gasteiger partial charge in [-0.3, -0.25) is 4.79 Å². The van der Waals surface area contributed by atoms with Crippen molar-refractivity contribution < 1.29 is 9.90 Å². The summed E-state index contributed by atoms with van der Waals surface area (Å²) in [5, 5.41) is 8.76. The summed E-state index contributed by atoms with van der Waals surface area (Å²) in [5.41, 5.74) is 3.50. The van der Waals surface area contributed by atoms with Gasteiger partial charge in [0.15, 0.2) is 0 Å². The van der Waals surface area contributed by atoms with Gasteiger partial charge in [0.05, 0.1) is 6.42 Å². The molecule has 1 N–H and O–H groups in total. The third-order valence-corrected chi connectivity index (χ3v) is 3.59. The third-order valence-electron chi connectivity index (χ3n) is 2.85. The van der Waals surface area contributed by atoms with E-state index in [1.165, 1.54) is 5.56 Å². The lowest BCUT2D eigenvalue weighted by Crippen LogP contribution is -1.94. The molecule has 0 amide bonds. The number of aliphatic carboxylic acids is 1. The Morgan fingerprint density at radius 1 is 1.39 bits per heavy atom. The molecule has 0 atom stereocenters. The Morgan fingerprint density at radius 3 is 2.61 bits per heavy atom. The van der Waals surface area contributed by atoms with Crippen molar-refractivity contribution in [2.45, 2.75) is 39.5 Å². The van der Waals surface area contributed by atoms with Gasteiger partial charge < -0.3 is 5.11 Å². The molecule has 0 aliphatic carbocycles. The van der Waals surface area contributed by atoms with Gasteiger partial charge in [-0.15, -0.1) is 0 Å². The summed E-state index contributed by atoms with van der Waals surface area (Å²) in [5.74, 6) is -0.784. The number of benzene rings is 1. The number of hydrogen-bond donors (Lipinski definition) is 1. The summed E-state index contributed by atoms with van der Waals surface area (Å²) in [6.07, 6.45) is 4.81. The first-order valence-corrected chi connectivity index (χ1v) is 7.07. The fraction of sp³-hybridized carbons (Fsp3) is 0.400. The molecule has 0 aromatic heterocycles. The molecule has 98 valence electrons. The Labute approximate surface area is 117 Å². The molecule has 18 heavy (non-hydrogen) atoms. The second-order valence-corrected chi connectivity index (χ2v) is 5.09. The van der Waals surface area contributed by atoms with Crippen molar-refractivity contribution in [3.8, 4) is 0 Å². The number of aryl methyl sites for hydroxylation is 1. The predicted molar refractivity (Wildman–Crippen MR) is 78.7 cm³/mol. The van der Waals surface area contributed by atoms with Crippen LogP contribution in [0.25, 0.3) is 5.57 Å². The SMILES string of the molecule is CCC/C(=C\CC(=O)O)c1ccc(CC)c(Br)c1. The Morgan fingerprint density at radius 2 is 2.11 bits per heavy atom.